The van der Waals surface area contributed by atoms with Gasteiger partial charge in [-0.2, -0.15) is 0 Å². The van der Waals surface area contributed by atoms with Crippen molar-refractivity contribution in [2.45, 2.75) is 45.1 Å². The van der Waals surface area contributed by atoms with Crippen molar-refractivity contribution in [3.63, 3.8) is 0 Å². The van der Waals surface area contributed by atoms with E-state index in [9.17, 15) is 4.79 Å². The highest BCUT2D eigenvalue weighted by molar-refractivity contribution is 5.67. The first kappa shape index (κ1) is 18.7. The lowest BCUT2D eigenvalue weighted by molar-refractivity contribution is 0.0951. The van der Waals surface area contributed by atoms with Gasteiger partial charge in [0.05, 0.1) is 6.61 Å². The van der Waals surface area contributed by atoms with Gasteiger partial charge >= 0.3 is 6.09 Å². The fourth-order valence-electron chi connectivity index (χ4n) is 3.20. The molecule has 1 unspecified atom stereocenters. The van der Waals surface area contributed by atoms with Gasteiger partial charge in [0.1, 0.15) is 0 Å². The van der Waals surface area contributed by atoms with Gasteiger partial charge in [0, 0.05) is 19.1 Å². The van der Waals surface area contributed by atoms with E-state index in [-0.39, 0.29) is 6.09 Å². The minimum atomic E-state index is -0.182. The number of aryl methyl sites for hydroxylation is 1. The standard InChI is InChI=1S/C19H31N3O2/c1-3-24-19(23)22-12-9-18(10-13-22)21-11-8-17(14-20)16-6-4-15(2)5-7-16/h4-7,17-18,21H,3,8-14,20H2,1-2H3. The minimum absolute atomic E-state index is 0.182. The van der Waals surface area contributed by atoms with Crippen LogP contribution in [0.4, 0.5) is 4.79 Å². The molecule has 1 aromatic carbocycles. The van der Waals surface area contributed by atoms with Crippen molar-refractivity contribution in [3.05, 3.63) is 35.4 Å². The van der Waals surface area contributed by atoms with Crippen molar-refractivity contribution in [2.24, 2.45) is 5.73 Å². The van der Waals surface area contributed by atoms with Crippen molar-refractivity contribution in [3.8, 4) is 0 Å². The maximum absolute atomic E-state index is 11.7. The molecule has 1 aliphatic rings. The summed E-state index contributed by atoms with van der Waals surface area (Å²) in [5, 5.41) is 3.62. The van der Waals surface area contributed by atoms with Crippen LogP contribution in [0.1, 0.15) is 43.2 Å². The summed E-state index contributed by atoms with van der Waals surface area (Å²) >= 11 is 0. The molecule has 0 bridgehead atoms. The molecule has 0 aliphatic carbocycles. The molecular formula is C19H31N3O2. The molecule has 0 aromatic heterocycles. The molecule has 1 saturated heterocycles. The normalized spacial score (nSPS) is 16.9. The van der Waals surface area contributed by atoms with Gasteiger partial charge in [-0.25, -0.2) is 4.79 Å². The predicted octanol–water partition coefficient (Wildman–Crippen LogP) is 2.64. The molecule has 0 radical (unpaired) electrons. The van der Waals surface area contributed by atoms with Crippen LogP contribution in [-0.2, 0) is 4.74 Å². The summed E-state index contributed by atoms with van der Waals surface area (Å²) in [7, 11) is 0. The number of likely N-dealkylation sites (tertiary alicyclic amines) is 1. The maximum atomic E-state index is 11.7. The first-order valence-corrected chi connectivity index (χ1v) is 9.05. The number of nitrogens with zero attached hydrogens (tertiary/aromatic N) is 1. The van der Waals surface area contributed by atoms with Gasteiger partial charge in [-0.1, -0.05) is 29.8 Å². The van der Waals surface area contributed by atoms with Crippen molar-refractivity contribution in [2.75, 3.05) is 32.8 Å². The number of rotatable bonds is 7. The van der Waals surface area contributed by atoms with Crippen molar-refractivity contribution >= 4 is 6.09 Å². The van der Waals surface area contributed by atoms with E-state index in [0.717, 1.165) is 38.9 Å². The van der Waals surface area contributed by atoms with Gasteiger partial charge in [-0.05, 0) is 57.7 Å². The summed E-state index contributed by atoms with van der Waals surface area (Å²) in [5.74, 6) is 0.401. The number of hydrogen-bond donors (Lipinski definition) is 2. The van der Waals surface area contributed by atoms with Crippen LogP contribution < -0.4 is 11.1 Å². The summed E-state index contributed by atoms with van der Waals surface area (Å²) in [6.45, 7) is 7.56. The van der Waals surface area contributed by atoms with E-state index < -0.39 is 0 Å². The average molecular weight is 333 g/mol. The van der Waals surface area contributed by atoms with Gasteiger partial charge in [-0.15, -0.1) is 0 Å². The summed E-state index contributed by atoms with van der Waals surface area (Å²) in [6.07, 6.45) is 2.82. The van der Waals surface area contributed by atoms with Crippen molar-refractivity contribution in [1.29, 1.82) is 0 Å². The highest BCUT2D eigenvalue weighted by Crippen LogP contribution is 2.19. The quantitative estimate of drug-likeness (QED) is 0.805. The number of carbonyl (C=O) groups excluding carboxylic acids is 1. The Morgan fingerprint density at radius 2 is 2.00 bits per heavy atom. The molecular weight excluding hydrogens is 302 g/mol. The lowest BCUT2D eigenvalue weighted by Crippen LogP contribution is -2.45. The molecule has 134 valence electrons. The summed E-state index contributed by atoms with van der Waals surface area (Å²) in [5.41, 5.74) is 8.56. The van der Waals surface area contributed by atoms with Crippen LogP contribution in [0, 0.1) is 6.92 Å². The number of ether oxygens (including phenoxy) is 1. The molecule has 2 rings (SSSR count). The molecule has 5 nitrogen and oxygen atoms in total. The molecule has 1 fully saturated rings. The second-order valence-electron chi connectivity index (χ2n) is 6.55. The molecule has 1 amide bonds. The van der Waals surface area contributed by atoms with E-state index in [2.05, 4.69) is 36.5 Å². The first-order chi connectivity index (χ1) is 11.6. The third-order valence-electron chi connectivity index (χ3n) is 4.78. The first-order valence-electron chi connectivity index (χ1n) is 9.05. The van der Waals surface area contributed by atoms with E-state index in [0.29, 0.717) is 25.1 Å². The Kier molecular flexibility index (Phi) is 7.53. The van der Waals surface area contributed by atoms with Crippen molar-refractivity contribution < 1.29 is 9.53 Å². The number of hydrogen-bond acceptors (Lipinski definition) is 4. The smallest absolute Gasteiger partial charge is 0.409 e. The van der Waals surface area contributed by atoms with E-state index in [1.165, 1.54) is 11.1 Å². The topological polar surface area (TPSA) is 67.6 Å². The molecule has 0 saturated carbocycles. The summed E-state index contributed by atoms with van der Waals surface area (Å²) < 4.78 is 5.05. The Hall–Kier alpha value is -1.59. The zero-order chi connectivity index (χ0) is 17.4. The SMILES string of the molecule is CCOC(=O)N1CCC(NCCC(CN)c2ccc(C)cc2)CC1. The minimum Gasteiger partial charge on any atom is -0.450 e. The van der Waals surface area contributed by atoms with Gasteiger partial charge in [-0.3, -0.25) is 0 Å². The van der Waals surface area contributed by atoms with Crippen LogP contribution in [0.3, 0.4) is 0 Å². The van der Waals surface area contributed by atoms with Crippen LogP contribution in [0.15, 0.2) is 24.3 Å². The lowest BCUT2D eigenvalue weighted by Gasteiger charge is -2.32. The molecule has 1 heterocycles. The number of benzene rings is 1. The number of carbonyl (C=O) groups is 1. The highest BCUT2D eigenvalue weighted by atomic mass is 16.6. The van der Waals surface area contributed by atoms with Crippen LogP contribution in [-0.4, -0.2) is 49.8 Å². The Bertz CT molecular complexity index is 496. The van der Waals surface area contributed by atoms with E-state index in [4.69, 9.17) is 10.5 Å². The largest absolute Gasteiger partial charge is 0.450 e. The Morgan fingerprint density at radius 1 is 1.33 bits per heavy atom. The van der Waals surface area contributed by atoms with Crippen LogP contribution in [0.2, 0.25) is 0 Å². The molecule has 3 N–H and O–H groups in total. The average Bonchev–Trinajstić information content (AvgIpc) is 2.60. The maximum Gasteiger partial charge on any atom is 0.409 e. The Morgan fingerprint density at radius 3 is 2.58 bits per heavy atom. The predicted molar refractivity (Wildman–Crippen MR) is 97.2 cm³/mol. The van der Waals surface area contributed by atoms with Gasteiger partial charge in [0.25, 0.3) is 0 Å². The van der Waals surface area contributed by atoms with Crippen molar-refractivity contribution in [1.82, 2.24) is 10.2 Å². The van der Waals surface area contributed by atoms with Gasteiger partial charge < -0.3 is 20.7 Å². The summed E-state index contributed by atoms with van der Waals surface area (Å²) in [6, 6.07) is 9.15. The molecule has 0 spiro atoms. The van der Waals surface area contributed by atoms with E-state index >= 15 is 0 Å². The second kappa shape index (κ2) is 9.64. The Balaban J connectivity index is 1.70. The summed E-state index contributed by atoms with van der Waals surface area (Å²) in [4.78, 5) is 13.5. The van der Waals surface area contributed by atoms with Crippen LogP contribution >= 0.6 is 0 Å². The zero-order valence-electron chi connectivity index (χ0n) is 15.0. The third kappa shape index (κ3) is 5.49. The van der Waals surface area contributed by atoms with Crippen LogP contribution in [0.5, 0.6) is 0 Å². The Labute approximate surface area is 145 Å². The molecule has 24 heavy (non-hydrogen) atoms. The third-order valence-corrected chi connectivity index (χ3v) is 4.78. The van der Waals surface area contributed by atoms with E-state index in [1.807, 2.05) is 6.92 Å². The highest BCUT2D eigenvalue weighted by Gasteiger charge is 2.23. The molecule has 1 aliphatic heterocycles. The number of nitrogens with one attached hydrogen (secondary N) is 1. The fourth-order valence-corrected chi connectivity index (χ4v) is 3.20. The zero-order valence-corrected chi connectivity index (χ0v) is 15.0. The molecule has 1 aromatic rings. The van der Waals surface area contributed by atoms with Gasteiger partial charge in [0.15, 0.2) is 0 Å². The van der Waals surface area contributed by atoms with Crippen LogP contribution in [0.25, 0.3) is 0 Å². The fraction of sp³-hybridized carbons (Fsp3) is 0.632. The molecule has 1 atom stereocenters. The monoisotopic (exact) mass is 333 g/mol. The van der Waals surface area contributed by atoms with E-state index in [1.54, 1.807) is 4.90 Å². The number of amides is 1. The number of nitrogens with two attached hydrogens (primary N) is 1. The second-order valence-corrected chi connectivity index (χ2v) is 6.55. The number of piperidine rings is 1. The lowest BCUT2D eigenvalue weighted by atomic mass is 9.94. The molecule has 5 heteroatoms. The van der Waals surface area contributed by atoms with Gasteiger partial charge in [0.2, 0.25) is 0 Å².